The van der Waals surface area contributed by atoms with Crippen LogP contribution in [0.15, 0.2) is 23.3 Å². The molecule has 1 spiro atoms. The first-order valence-electron chi connectivity index (χ1n) is 10.6. The van der Waals surface area contributed by atoms with E-state index in [1.807, 2.05) is 0 Å². The minimum absolute atomic E-state index is 0.0310. The van der Waals surface area contributed by atoms with Crippen LogP contribution in [-0.4, -0.2) is 17.4 Å². The molecule has 4 fully saturated rings. The van der Waals surface area contributed by atoms with E-state index in [-0.39, 0.29) is 17.0 Å². The van der Waals surface area contributed by atoms with E-state index < -0.39 is 0 Å². The third-order valence-electron chi connectivity index (χ3n) is 9.34. The molecule has 0 amide bonds. The van der Waals surface area contributed by atoms with Crippen molar-refractivity contribution in [3.8, 4) is 0 Å². The highest BCUT2D eigenvalue weighted by Crippen LogP contribution is 2.78. The van der Waals surface area contributed by atoms with Gasteiger partial charge in [0.1, 0.15) is 11.4 Å². The molecule has 0 aromatic carbocycles. The van der Waals surface area contributed by atoms with Gasteiger partial charge >= 0.3 is 5.97 Å². The molecule has 6 aliphatic rings. The van der Waals surface area contributed by atoms with Crippen LogP contribution < -0.4 is 0 Å². The van der Waals surface area contributed by atoms with Gasteiger partial charge in [-0.2, -0.15) is 0 Å². The topological polar surface area (TPSA) is 43.4 Å². The summed E-state index contributed by atoms with van der Waals surface area (Å²) in [5, 5.41) is 0. The number of allylic oxidation sites excluding steroid dienone is 3. The maximum Gasteiger partial charge on any atom is 0.306 e. The molecular weight excluding hydrogens is 324 g/mol. The smallest absolute Gasteiger partial charge is 0.306 e. The lowest BCUT2D eigenvalue weighted by atomic mass is 9.50. The molecule has 5 unspecified atom stereocenters. The summed E-state index contributed by atoms with van der Waals surface area (Å²) in [6, 6.07) is 0. The summed E-state index contributed by atoms with van der Waals surface area (Å²) in [7, 11) is 0. The zero-order valence-corrected chi connectivity index (χ0v) is 15.7. The van der Waals surface area contributed by atoms with Crippen LogP contribution in [0.2, 0.25) is 0 Å². The van der Waals surface area contributed by atoms with Crippen molar-refractivity contribution in [3.63, 3.8) is 0 Å². The number of hydrogen-bond acceptors (Lipinski definition) is 3. The molecule has 6 rings (SSSR count). The first kappa shape index (κ1) is 15.7. The van der Waals surface area contributed by atoms with E-state index >= 15 is 0 Å². The third-order valence-corrected chi connectivity index (χ3v) is 9.34. The van der Waals surface area contributed by atoms with Crippen LogP contribution >= 0.6 is 0 Å². The van der Waals surface area contributed by atoms with E-state index in [1.165, 1.54) is 30.4 Å². The normalized spacial score (nSPS) is 51.7. The summed E-state index contributed by atoms with van der Waals surface area (Å²) in [5.41, 5.74) is 4.12. The molecule has 0 bridgehead atoms. The second-order valence-corrected chi connectivity index (χ2v) is 10.1. The summed E-state index contributed by atoms with van der Waals surface area (Å²) >= 11 is 0. The molecule has 5 aliphatic carbocycles. The molecule has 0 aromatic heterocycles. The summed E-state index contributed by atoms with van der Waals surface area (Å²) < 4.78 is 6.15. The number of carbonyl (C=O) groups excluding carboxylic acids is 2. The molecule has 0 radical (unpaired) electrons. The highest BCUT2D eigenvalue weighted by Gasteiger charge is 2.78. The second-order valence-electron chi connectivity index (χ2n) is 10.1. The number of ketones is 1. The number of carbonyl (C=O) groups is 2. The van der Waals surface area contributed by atoms with E-state index in [0.29, 0.717) is 42.3 Å². The average molecular weight is 352 g/mol. The van der Waals surface area contributed by atoms with Crippen LogP contribution in [-0.2, 0) is 14.3 Å². The fourth-order valence-corrected chi connectivity index (χ4v) is 8.36. The maximum atomic E-state index is 12.1. The molecule has 7 atom stereocenters. The summed E-state index contributed by atoms with van der Waals surface area (Å²) in [6.07, 6.45) is 8.58. The van der Waals surface area contributed by atoms with Gasteiger partial charge in [-0.15, -0.1) is 0 Å². The molecule has 3 saturated carbocycles. The fraction of sp³-hybridized carbons (Fsp3) is 0.739. The fourth-order valence-electron chi connectivity index (χ4n) is 8.36. The van der Waals surface area contributed by atoms with Crippen LogP contribution in [0.4, 0.5) is 0 Å². The lowest BCUT2D eigenvalue weighted by Gasteiger charge is -2.56. The van der Waals surface area contributed by atoms with Crippen LogP contribution in [0.5, 0.6) is 0 Å². The maximum absolute atomic E-state index is 12.1. The first-order chi connectivity index (χ1) is 12.4. The van der Waals surface area contributed by atoms with Gasteiger partial charge < -0.3 is 4.74 Å². The van der Waals surface area contributed by atoms with Crippen molar-refractivity contribution in [2.45, 2.75) is 70.3 Å². The number of ether oxygens (including phenoxy) is 1. The lowest BCUT2D eigenvalue weighted by Crippen LogP contribution is -2.54. The van der Waals surface area contributed by atoms with Crippen molar-refractivity contribution in [1.29, 1.82) is 0 Å². The van der Waals surface area contributed by atoms with Gasteiger partial charge in [-0.1, -0.05) is 24.6 Å². The van der Waals surface area contributed by atoms with E-state index in [9.17, 15) is 9.59 Å². The Hall–Kier alpha value is -1.38. The molecule has 3 nitrogen and oxygen atoms in total. The second kappa shape index (κ2) is 4.72. The number of Topliss-reactive ketones (excluding diaryl/α,β-unsaturated/α-hetero) is 1. The molecule has 0 N–H and O–H groups in total. The monoisotopic (exact) mass is 352 g/mol. The first-order valence-corrected chi connectivity index (χ1v) is 10.6. The van der Waals surface area contributed by atoms with Gasteiger partial charge in [-0.25, -0.2) is 0 Å². The van der Waals surface area contributed by atoms with Gasteiger partial charge in [-0.3, -0.25) is 9.59 Å². The van der Waals surface area contributed by atoms with Gasteiger partial charge in [-0.05, 0) is 67.8 Å². The number of esters is 1. The van der Waals surface area contributed by atoms with Gasteiger partial charge in [0, 0.05) is 30.6 Å². The minimum Gasteiger partial charge on any atom is -0.458 e. The van der Waals surface area contributed by atoms with Crippen LogP contribution in [0.1, 0.15) is 64.7 Å². The standard InChI is InChI=1S/C23H28O3/c1-12-9-17-15(14-4-3-13(24)10-16(12)14)5-7-22(2)21(17)18-11-19(18)23(22)8-6-20(25)26-23/h15,17-19,21H,1,3-11H2,2H3/t15?,17?,18?,19?,21?,22-,23-/m0/s1. The number of fused-ring (bicyclic) bond motifs is 8. The van der Waals surface area contributed by atoms with Gasteiger partial charge in [0.15, 0.2) is 0 Å². The summed E-state index contributed by atoms with van der Waals surface area (Å²) in [5.74, 6) is 3.75. The average Bonchev–Trinajstić information content (AvgIpc) is 3.24. The predicted molar refractivity (Wildman–Crippen MR) is 97.1 cm³/mol. The highest BCUT2D eigenvalue weighted by molar-refractivity contribution is 5.84. The van der Waals surface area contributed by atoms with Crippen molar-refractivity contribution < 1.29 is 14.3 Å². The molecule has 138 valence electrons. The Morgan fingerprint density at radius 1 is 1.12 bits per heavy atom. The quantitative estimate of drug-likeness (QED) is 0.608. The Balaban J connectivity index is 1.41. The Labute approximate surface area is 155 Å². The van der Waals surface area contributed by atoms with Gasteiger partial charge in [0.05, 0.1) is 0 Å². The van der Waals surface area contributed by atoms with Crippen molar-refractivity contribution in [3.05, 3.63) is 23.3 Å². The van der Waals surface area contributed by atoms with Crippen LogP contribution in [0.3, 0.4) is 0 Å². The molecule has 26 heavy (non-hydrogen) atoms. The van der Waals surface area contributed by atoms with Crippen LogP contribution in [0, 0.1) is 35.0 Å². The van der Waals surface area contributed by atoms with E-state index in [2.05, 4.69) is 13.5 Å². The molecule has 3 heteroatoms. The summed E-state index contributed by atoms with van der Waals surface area (Å²) in [6.45, 7) is 6.85. The van der Waals surface area contributed by atoms with Crippen molar-refractivity contribution in [2.24, 2.45) is 35.0 Å². The van der Waals surface area contributed by atoms with Crippen molar-refractivity contribution >= 4 is 11.8 Å². The SMILES string of the molecule is C=C1CC2C(CC[C@@]3(C)C2C2CC2[C@@]32CCC(=O)O2)C2=C1CC(=O)CC2. The van der Waals surface area contributed by atoms with Gasteiger partial charge in [0.2, 0.25) is 0 Å². The highest BCUT2D eigenvalue weighted by atomic mass is 16.6. The Morgan fingerprint density at radius 2 is 1.96 bits per heavy atom. The molecule has 0 aromatic rings. The number of rotatable bonds is 0. The molecule has 1 heterocycles. The zero-order chi connectivity index (χ0) is 17.8. The largest absolute Gasteiger partial charge is 0.458 e. The third kappa shape index (κ3) is 1.67. The number of hydrogen-bond donors (Lipinski definition) is 0. The summed E-state index contributed by atoms with van der Waals surface area (Å²) in [4.78, 5) is 24.1. The lowest BCUT2D eigenvalue weighted by molar-refractivity contribution is -0.171. The van der Waals surface area contributed by atoms with Gasteiger partial charge in [0.25, 0.3) is 0 Å². The van der Waals surface area contributed by atoms with E-state index in [4.69, 9.17) is 4.74 Å². The van der Waals surface area contributed by atoms with Crippen LogP contribution in [0.25, 0.3) is 0 Å². The Bertz CT molecular complexity index is 791. The van der Waals surface area contributed by atoms with Crippen molar-refractivity contribution in [1.82, 2.24) is 0 Å². The minimum atomic E-state index is -0.164. The zero-order valence-electron chi connectivity index (χ0n) is 15.7. The molecule has 1 saturated heterocycles. The van der Waals surface area contributed by atoms with E-state index in [1.54, 1.807) is 5.57 Å². The Morgan fingerprint density at radius 3 is 2.73 bits per heavy atom. The molecule has 1 aliphatic heterocycles. The van der Waals surface area contributed by atoms with Crippen molar-refractivity contribution in [2.75, 3.05) is 0 Å². The molecular formula is C23H28O3. The predicted octanol–water partition coefficient (Wildman–Crippen LogP) is 4.37. The van der Waals surface area contributed by atoms with E-state index in [0.717, 1.165) is 31.6 Å². The Kier molecular flexibility index (Phi) is 2.84.